The van der Waals surface area contributed by atoms with Crippen LogP contribution in [0.25, 0.3) is 11.1 Å². The van der Waals surface area contributed by atoms with E-state index in [1.54, 1.807) is 6.92 Å². The third kappa shape index (κ3) is 12.7. The lowest BCUT2D eigenvalue weighted by molar-refractivity contribution is -0.116. The van der Waals surface area contributed by atoms with E-state index in [0.717, 1.165) is 49.1 Å². The summed E-state index contributed by atoms with van der Waals surface area (Å²) in [5, 5.41) is 4.11. The largest absolute Gasteiger partial charge is 0.306 e. The Morgan fingerprint density at radius 1 is 0.816 bits per heavy atom. The van der Waals surface area contributed by atoms with E-state index in [2.05, 4.69) is 119 Å². The van der Waals surface area contributed by atoms with E-state index in [-0.39, 0.29) is 5.78 Å². The molecule has 0 heterocycles. The molecule has 0 aromatic heterocycles. The fourth-order valence-corrected chi connectivity index (χ4v) is 6.78. The van der Waals surface area contributed by atoms with E-state index >= 15 is 0 Å². The van der Waals surface area contributed by atoms with Crippen molar-refractivity contribution in [3.63, 3.8) is 0 Å². The molecule has 0 radical (unpaired) electrons. The van der Waals surface area contributed by atoms with Gasteiger partial charge in [0, 0.05) is 11.6 Å². The van der Waals surface area contributed by atoms with Gasteiger partial charge in [-0.3, -0.25) is 4.79 Å². The summed E-state index contributed by atoms with van der Waals surface area (Å²) in [6.45, 7) is 17.8. The van der Waals surface area contributed by atoms with Crippen molar-refractivity contribution in [2.75, 3.05) is 6.54 Å². The topological polar surface area (TPSA) is 29.1 Å². The Kier molecular flexibility index (Phi) is 17.6. The minimum absolute atomic E-state index is 0.128. The number of hydrogen-bond donors (Lipinski definition) is 1. The number of ketones is 1. The fourth-order valence-electron chi connectivity index (χ4n) is 6.49. The van der Waals surface area contributed by atoms with Crippen LogP contribution in [0.2, 0.25) is 5.02 Å². The lowest BCUT2D eigenvalue weighted by atomic mass is 9.88. The summed E-state index contributed by atoms with van der Waals surface area (Å²) in [7, 11) is 0. The molecule has 0 unspecified atom stereocenters. The molecule has 0 aliphatic rings. The van der Waals surface area contributed by atoms with Crippen LogP contribution in [0.3, 0.4) is 0 Å². The molecule has 1 N–H and O–H groups in total. The van der Waals surface area contributed by atoms with Crippen molar-refractivity contribution >= 4 is 17.4 Å². The van der Waals surface area contributed by atoms with Crippen LogP contribution in [-0.4, -0.2) is 12.3 Å². The normalized spacial score (nSPS) is 12.2. The SMILES string of the molecule is C=C\C(=C/C(/C=C\CCCC)=C\C)CCc1cc(CCc2cccc(-c3cccc(CCCCC)c3C)c2C)c(Cl)cc1CNCC(C)=O. The quantitative estimate of drug-likeness (QED) is 0.0898. The monoisotopic (exact) mass is 677 g/mol. The fraction of sp³-hybridized carbons (Fsp3) is 0.413. The zero-order valence-corrected chi connectivity index (χ0v) is 31.9. The smallest absolute Gasteiger partial charge is 0.143 e. The Hall–Kier alpha value is -3.46. The zero-order valence-electron chi connectivity index (χ0n) is 31.2. The number of carbonyl (C=O) groups is 1. The molecule has 0 saturated heterocycles. The molecule has 0 bridgehead atoms. The third-order valence-electron chi connectivity index (χ3n) is 9.62. The van der Waals surface area contributed by atoms with Gasteiger partial charge in [0.25, 0.3) is 0 Å². The molecule has 0 aliphatic heterocycles. The van der Waals surface area contributed by atoms with E-state index in [9.17, 15) is 4.79 Å². The van der Waals surface area contributed by atoms with Crippen molar-refractivity contribution in [3.8, 4) is 11.1 Å². The summed E-state index contributed by atoms with van der Waals surface area (Å²) < 4.78 is 0. The van der Waals surface area contributed by atoms with Gasteiger partial charge in [0.15, 0.2) is 0 Å². The van der Waals surface area contributed by atoms with E-state index < -0.39 is 0 Å². The van der Waals surface area contributed by atoms with Gasteiger partial charge in [0.2, 0.25) is 0 Å². The Balaban J connectivity index is 1.85. The highest BCUT2D eigenvalue weighted by molar-refractivity contribution is 6.31. The molecule has 0 aliphatic carbocycles. The van der Waals surface area contributed by atoms with Gasteiger partial charge in [-0.1, -0.05) is 131 Å². The molecule has 0 amide bonds. The van der Waals surface area contributed by atoms with E-state index in [1.165, 1.54) is 87.8 Å². The van der Waals surface area contributed by atoms with Crippen LogP contribution in [0, 0.1) is 13.8 Å². The van der Waals surface area contributed by atoms with Gasteiger partial charge in [-0.05, 0) is 140 Å². The lowest BCUT2D eigenvalue weighted by Gasteiger charge is -2.17. The summed E-state index contributed by atoms with van der Waals surface area (Å²) in [5.41, 5.74) is 14.3. The highest BCUT2D eigenvalue weighted by atomic mass is 35.5. The molecule has 2 nitrogen and oxygen atoms in total. The first-order valence-corrected chi connectivity index (χ1v) is 18.9. The van der Waals surface area contributed by atoms with Crippen LogP contribution >= 0.6 is 11.6 Å². The summed E-state index contributed by atoms with van der Waals surface area (Å²) >= 11 is 6.98. The van der Waals surface area contributed by atoms with Crippen molar-refractivity contribution in [1.29, 1.82) is 0 Å². The minimum atomic E-state index is 0.128. The summed E-state index contributed by atoms with van der Waals surface area (Å²) in [6.07, 6.45) is 22.8. The van der Waals surface area contributed by atoms with Gasteiger partial charge >= 0.3 is 0 Å². The average molecular weight is 678 g/mol. The zero-order chi connectivity index (χ0) is 35.6. The maximum absolute atomic E-state index is 11.7. The number of allylic oxidation sites excluding steroid dienone is 7. The minimum Gasteiger partial charge on any atom is -0.306 e. The van der Waals surface area contributed by atoms with Crippen molar-refractivity contribution in [2.24, 2.45) is 0 Å². The second-order valence-corrected chi connectivity index (χ2v) is 13.8. The third-order valence-corrected chi connectivity index (χ3v) is 9.97. The van der Waals surface area contributed by atoms with Crippen molar-refractivity contribution in [1.82, 2.24) is 5.32 Å². The van der Waals surface area contributed by atoms with Gasteiger partial charge in [0.1, 0.15) is 5.78 Å². The Morgan fingerprint density at radius 3 is 2.08 bits per heavy atom. The van der Waals surface area contributed by atoms with E-state index in [4.69, 9.17) is 11.6 Å². The van der Waals surface area contributed by atoms with Crippen LogP contribution in [0.5, 0.6) is 0 Å². The first-order valence-electron chi connectivity index (χ1n) is 18.6. The van der Waals surface area contributed by atoms with Crippen LogP contribution in [0.4, 0.5) is 0 Å². The molecule has 3 aromatic carbocycles. The first-order chi connectivity index (χ1) is 23.7. The number of rotatable bonds is 21. The number of hydrogen-bond acceptors (Lipinski definition) is 2. The van der Waals surface area contributed by atoms with Gasteiger partial charge in [-0.15, -0.1) is 0 Å². The number of halogens is 1. The molecule has 0 spiro atoms. The molecule has 0 atom stereocenters. The Bertz CT molecular complexity index is 1620. The highest BCUT2D eigenvalue weighted by Crippen LogP contribution is 2.32. The maximum atomic E-state index is 11.7. The number of benzene rings is 3. The van der Waals surface area contributed by atoms with Crippen LogP contribution in [-0.2, 0) is 37.0 Å². The first kappa shape index (κ1) is 40.0. The summed E-state index contributed by atoms with van der Waals surface area (Å²) in [6, 6.07) is 18.0. The van der Waals surface area contributed by atoms with Crippen molar-refractivity contribution in [2.45, 2.75) is 119 Å². The Labute approximate surface area is 303 Å². The van der Waals surface area contributed by atoms with Crippen molar-refractivity contribution < 1.29 is 4.79 Å². The number of aryl methyl sites for hydroxylation is 4. The lowest BCUT2D eigenvalue weighted by Crippen LogP contribution is -2.21. The maximum Gasteiger partial charge on any atom is 0.143 e. The number of nitrogens with one attached hydrogen (secondary N) is 1. The second kappa shape index (κ2) is 21.6. The highest BCUT2D eigenvalue weighted by Gasteiger charge is 2.14. The van der Waals surface area contributed by atoms with Crippen LogP contribution < -0.4 is 5.32 Å². The van der Waals surface area contributed by atoms with Gasteiger partial charge in [-0.25, -0.2) is 0 Å². The molecule has 3 rings (SSSR count). The molecule has 3 aromatic rings. The molecular weight excluding hydrogens is 618 g/mol. The van der Waals surface area contributed by atoms with Gasteiger partial charge < -0.3 is 5.32 Å². The summed E-state index contributed by atoms with van der Waals surface area (Å²) in [5.74, 6) is 0.128. The number of unbranched alkanes of at least 4 members (excludes halogenated alkanes) is 4. The molecule has 49 heavy (non-hydrogen) atoms. The molecule has 0 fully saturated rings. The molecular formula is C46H60ClNO. The average Bonchev–Trinajstić information content (AvgIpc) is 3.09. The second-order valence-electron chi connectivity index (χ2n) is 13.4. The number of carbonyl (C=O) groups excluding carboxylic acids is 1. The number of Topliss-reactive ketones (excluding diaryl/α,β-unsaturated/α-hetero) is 1. The summed E-state index contributed by atoms with van der Waals surface area (Å²) in [4.78, 5) is 11.7. The predicted molar refractivity (Wildman–Crippen MR) is 215 cm³/mol. The van der Waals surface area contributed by atoms with Crippen molar-refractivity contribution in [3.05, 3.63) is 141 Å². The van der Waals surface area contributed by atoms with Crippen LogP contribution in [0.15, 0.2) is 96.6 Å². The predicted octanol–water partition coefficient (Wildman–Crippen LogP) is 12.6. The Morgan fingerprint density at radius 2 is 1.47 bits per heavy atom. The van der Waals surface area contributed by atoms with E-state index in [1.807, 2.05) is 6.08 Å². The van der Waals surface area contributed by atoms with Gasteiger partial charge in [-0.2, -0.15) is 0 Å². The molecule has 262 valence electrons. The van der Waals surface area contributed by atoms with E-state index in [0.29, 0.717) is 13.1 Å². The standard InChI is InChI=1S/C46H60ClNO/c1-8-12-14-16-19-37(10-3)29-38(11-4)25-26-41-30-42(46(47)31-43(41)33-48-32-34(5)49)28-27-40-22-18-24-45(36(40)7)44-23-17-21-39(35(44)6)20-15-13-9-2/h10-11,16-19,21-24,29-31,48H,4,8-9,12-15,20,25-28,32-33H2,1-3,5-7H3/b19-16-,37-10-,38-29+. The van der Waals surface area contributed by atoms with Gasteiger partial charge in [0.05, 0.1) is 6.54 Å². The molecule has 3 heteroatoms. The molecule has 0 saturated carbocycles. The van der Waals surface area contributed by atoms with Crippen LogP contribution in [0.1, 0.15) is 112 Å².